The highest BCUT2D eigenvalue weighted by Crippen LogP contribution is 2.55. The average molecular weight is 220 g/mol. The van der Waals surface area contributed by atoms with Gasteiger partial charge in [0.1, 0.15) is 6.61 Å². The van der Waals surface area contributed by atoms with Crippen molar-refractivity contribution in [3.8, 4) is 0 Å². The zero-order valence-corrected chi connectivity index (χ0v) is 9.54. The molecule has 1 spiro atoms. The monoisotopic (exact) mass is 220 g/mol. The third kappa shape index (κ3) is 1.09. The van der Waals surface area contributed by atoms with Crippen LogP contribution in [-0.2, 0) is 14.3 Å². The maximum absolute atomic E-state index is 11.7. The molecule has 3 heteroatoms. The number of allylic oxidation sites excluding steroid dienone is 1. The molecule has 0 N–H and O–H groups in total. The number of hydrogen-bond acceptors (Lipinski definition) is 3. The fourth-order valence-corrected chi connectivity index (χ4v) is 3.70. The molecule has 3 rings (SSSR count). The second-order valence-electron chi connectivity index (χ2n) is 5.24. The van der Waals surface area contributed by atoms with Gasteiger partial charge in [-0.2, -0.15) is 0 Å². The van der Waals surface area contributed by atoms with E-state index in [2.05, 4.69) is 0 Å². The first kappa shape index (κ1) is 10.1. The lowest BCUT2D eigenvalue weighted by molar-refractivity contribution is -0.141. The Morgan fingerprint density at radius 2 is 2.12 bits per heavy atom. The van der Waals surface area contributed by atoms with Crippen LogP contribution >= 0.6 is 0 Å². The van der Waals surface area contributed by atoms with Crippen LogP contribution in [0.5, 0.6) is 0 Å². The van der Waals surface area contributed by atoms with E-state index < -0.39 is 0 Å². The van der Waals surface area contributed by atoms with Crippen molar-refractivity contribution in [2.24, 2.45) is 11.3 Å². The number of Topliss-reactive ketones (excluding diaryl/α,β-unsaturated/α-hetero) is 1. The van der Waals surface area contributed by atoms with Gasteiger partial charge in [-0.25, -0.2) is 0 Å². The van der Waals surface area contributed by atoms with Crippen molar-refractivity contribution in [3.05, 3.63) is 11.1 Å². The first-order chi connectivity index (χ1) is 7.65. The van der Waals surface area contributed by atoms with Crippen molar-refractivity contribution >= 4 is 11.8 Å². The molecule has 0 aromatic rings. The zero-order chi connectivity index (χ0) is 11.3. The molecular weight excluding hydrogens is 204 g/mol. The molecule has 0 aromatic carbocycles. The van der Waals surface area contributed by atoms with Crippen molar-refractivity contribution in [3.63, 3.8) is 0 Å². The molecule has 2 atom stereocenters. The van der Waals surface area contributed by atoms with Gasteiger partial charge in [0.15, 0.2) is 5.78 Å². The molecule has 0 radical (unpaired) electrons. The van der Waals surface area contributed by atoms with Gasteiger partial charge >= 0.3 is 5.97 Å². The van der Waals surface area contributed by atoms with Crippen LogP contribution in [0, 0.1) is 11.3 Å². The van der Waals surface area contributed by atoms with Crippen LogP contribution in [0.3, 0.4) is 0 Å². The van der Waals surface area contributed by atoms with Crippen LogP contribution in [0.15, 0.2) is 11.1 Å². The summed E-state index contributed by atoms with van der Waals surface area (Å²) in [7, 11) is 0. The predicted octanol–water partition coefficient (Wildman–Crippen LogP) is 2.01. The largest absolute Gasteiger partial charge is 0.464 e. The fourth-order valence-electron chi connectivity index (χ4n) is 3.70. The summed E-state index contributed by atoms with van der Waals surface area (Å²) in [5.41, 5.74) is 2.04. The first-order valence-corrected chi connectivity index (χ1v) is 6.05. The number of rotatable bonds is 0. The third-order valence-corrected chi connectivity index (χ3v) is 4.61. The summed E-state index contributed by atoms with van der Waals surface area (Å²) in [6.07, 6.45) is 4.33. The van der Waals surface area contributed by atoms with Crippen molar-refractivity contribution < 1.29 is 14.3 Å². The van der Waals surface area contributed by atoms with Gasteiger partial charge < -0.3 is 4.74 Å². The standard InChI is InChI=1S/C13H16O3/c1-8-9-3-2-4-10-12(15)16-7-13(9,10)6-5-11(8)14/h10H,2-7H2,1H3/t10-,13+/m1/s1. The Morgan fingerprint density at radius 1 is 1.31 bits per heavy atom. The summed E-state index contributed by atoms with van der Waals surface area (Å²) in [5, 5.41) is 0. The Hall–Kier alpha value is -1.12. The van der Waals surface area contributed by atoms with Crippen molar-refractivity contribution in [2.45, 2.75) is 39.0 Å². The highest BCUT2D eigenvalue weighted by molar-refractivity contribution is 5.97. The molecule has 1 aliphatic heterocycles. The highest BCUT2D eigenvalue weighted by Gasteiger charge is 2.55. The molecule has 3 nitrogen and oxygen atoms in total. The predicted molar refractivity (Wildman–Crippen MR) is 57.7 cm³/mol. The molecule has 0 unspecified atom stereocenters. The lowest BCUT2D eigenvalue weighted by Crippen LogP contribution is -2.40. The first-order valence-electron chi connectivity index (χ1n) is 6.05. The lowest BCUT2D eigenvalue weighted by atomic mass is 9.59. The van der Waals surface area contributed by atoms with Crippen LogP contribution in [0.4, 0.5) is 0 Å². The van der Waals surface area contributed by atoms with Crippen molar-refractivity contribution in [1.29, 1.82) is 0 Å². The number of cyclic esters (lactones) is 1. The molecule has 0 amide bonds. The molecule has 1 heterocycles. The Labute approximate surface area is 94.8 Å². The summed E-state index contributed by atoms with van der Waals surface area (Å²) >= 11 is 0. The van der Waals surface area contributed by atoms with Crippen molar-refractivity contribution in [2.75, 3.05) is 6.61 Å². The van der Waals surface area contributed by atoms with E-state index in [1.807, 2.05) is 6.92 Å². The molecule has 0 aromatic heterocycles. The van der Waals surface area contributed by atoms with Gasteiger partial charge in [0, 0.05) is 11.8 Å². The van der Waals surface area contributed by atoms with Crippen LogP contribution in [0.1, 0.15) is 39.0 Å². The maximum Gasteiger partial charge on any atom is 0.309 e. The van der Waals surface area contributed by atoms with Crippen LogP contribution in [-0.4, -0.2) is 18.4 Å². The van der Waals surface area contributed by atoms with Crippen molar-refractivity contribution in [1.82, 2.24) is 0 Å². The van der Waals surface area contributed by atoms with Gasteiger partial charge in [0.2, 0.25) is 0 Å². The summed E-state index contributed by atoms with van der Waals surface area (Å²) in [4.78, 5) is 23.4. The Bertz CT molecular complexity index is 407. The molecule has 0 bridgehead atoms. The summed E-state index contributed by atoms with van der Waals surface area (Å²) in [6.45, 7) is 2.43. The minimum absolute atomic E-state index is 0.0271. The summed E-state index contributed by atoms with van der Waals surface area (Å²) < 4.78 is 5.26. The minimum atomic E-state index is -0.104. The van der Waals surface area contributed by atoms with Gasteiger partial charge in [-0.15, -0.1) is 0 Å². The third-order valence-electron chi connectivity index (χ3n) is 4.61. The lowest BCUT2D eigenvalue weighted by Gasteiger charge is -2.42. The Morgan fingerprint density at radius 3 is 2.94 bits per heavy atom. The second kappa shape index (κ2) is 3.19. The number of hydrogen-bond donors (Lipinski definition) is 0. The normalized spacial score (nSPS) is 38.2. The second-order valence-corrected chi connectivity index (χ2v) is 5.24. The highest BCUT2D eigenvalue weighted by atomic mass is 16.5. The van der Waals surface area contributed by atoms with Crippen LogP contribution in [0.25, 0.3) is 0 Å². The van der Waals surface area contributed by atoms with Gasteiger partial charge in [-0.3, -0.25) is 9.59 Å². The molecule has 2 fully saturated rings. The Kier molecular flexibility index (Phi) is 2.00. The van der Waals surface area contributed by atoms with E-state index in [4.69, 9.17) is 4.74 Å². The molecule has 2 aliphatic carbocycles. The van der Waals surface area contributed by atoms with Gasteiger partial charge in [-0.05, 0) is 38.2 Å². The number of carbonyl (C=O) groups excluding carboxylic acids is 2. The zero-order valence-electron chi connectivity index (χ0n) is 9.54. The van der Waals surface area contributed by atoms with Crippen LogP contribution in [0.2, 0.25) is 0 Å². The molecule has 1 saturated carbocycles. The van der Waals surface area contributed by atoms with E-state index in [0.29, 0.717) is 13.0 Å². The fraction of sp³-hybridized carbons (Fsp3) is 0.692. The van der Waals surface area contributed by atoms with Gasteiger partial charge in [0.25, 0.3) is 0 Å². The number of esters is 1. The van der Waals surface area contributed by atoms with E-state index >= 15 is 0 Å². The average Bonchev–Trinajstić information content (AvgIpc) is 2.62. The van der Waals surface area contributed by atoms with E-state index in [1.54, 1.807) is 0 Å². The molecule has 86 valence electrons. The van der Waals surface area contributed by atoms with Crippen LogP contribution < -0.4 is 0 Å². The van der Waals surface area contributed by atoms with Gasteiger partial charge in [0.05, 0.1) is 5.92 Å². The summed E-state index contributed by atoms with van der Waals surface area (Å²) in [6, 6.07) is 0. The van der Waals surface area contributed by atoms with Gasteiger partial charge in [-0.1, -0.05) is 5.57 Å². The number of ketones is 1. The van der Waals surface area contributed by atoms with E-state index in [0.717, 1.165) is 31.3 Å². The van der Waals surface area contributed by atoms with E-state index in [1.165, 1.54) is 5.57 Å². The summed E-state index contributed by atoms with van der Waals surface area (Å²) in [5.74, 6) is 0.249. The SMILES string of the molecule is CC1=C2CCC[C@@H]3C(=O)OC[C@@]23CCC1=O. The molecular formula is C13H16O3. The van der Waals surface area contributed by atoms with E-state index in [-0.39, 0.29) is 23.1 Å². The minimum Gasteiger partial charge on any atom is -0.464 e. The number of carbonyl (C=O) groups is 2. The molecule has 16 heavy (non-hydrogen) atoms. The molecule has 1 saturated heterocycles. The quantitative estimate of drug-likeness (QED) is 0.586. The maximum atomic E-state index is 11.7. The topological polar surface area (TPSA) is 43.4 Å². The number of ether oxygens (including phenoxy) is 1. The smallest absolute Gasteiger partial charge is 0.309 e. The Balaban J connectivity index is 2.12. The van der Waals surface area contributed by atoms with E-state index in [9.17, 15) is 9.59 Å². The molecule has 3 aliphatic rings.